The van der Waals surface area contributed by atoms with Crippen molar-refractivity contribution in [2.75, 3.05) is 13.2 Å². The van der Waals surface area contributed by atoms with Gasteiger partial charge in [-0.05, 0) is 40.0 Å². The maximum absolute atomic E-state index is 5.65. The lowest BCUT2D eigenvalue weighted by molar-refractivity contribution is 0.170. The van der Waals surface area contributed by atoms with Gasteiger partial charge in [0.05, 0.1) is 10.5 Å². The molecule has 1 aliphatic rings. The summed E-state index contributed by atoms with van der Waals surface area (Å²) < 4.78 is 12.2. The van der Waals surface area contributed by atoms with E-state index in [0.29, 0.717) is 13.2 Å². The number of hydrogen-bond donors (Lipinski definition) is 2. The highest BCUT2D eigenvalue weighted by Crippen LogP contribution is 2.38. The van der Waals surface area contributed by atoms with E-state index in [1.807, 2.05) is 12.3 Å². The lowest BCUT2D eigenvalue weighted by Gasteiger charge is -2.21. The minimum absolute atomic E-state index is 0.215. The Balaban J connectivity index is 1.71. The molecular formula is C15H18BrN3O2. The SMILES string of the molecule is CCC(NCc1cc(Br)c2c(c1)OCCO2)c1ncc[nH]1. The van der Waals surface area contributed by atoms with E-state index >= 15 is 0 Å². The Labute approximate surface area is 132 Å². The second kappa shape index (κ2) is 6.49. The predicted molar refractivity (Wildman–Crippen MR) is 83.6 cm³/mol. The van der Waals surface area contributed by atoms with Gasteiger partial charge in [-0.25, -0.2) is 4.98 Å². The number of fused-ring (bicyclic) bond motifs is 1. The van der Waals surface area contributed by atoms with Crippen LogP contribution in [0.25, 0.3) is 0 Å². The molecule has 0 aliphatic carbocycles. The normalized spacial score (nSPS) is 15.0. The highest BCUT2D eigenvalue weighted by atomic mass is 79.9. The molecule has 0 amide bonds. The minimum atomic E-state index is 0.215. The van der Waals surface area contributed by atoms with Crippen LogP contribution in [0.15, 0.2) is 29.0 Å². The maximum atomic E-state index is 5.65. The first-order valence-electron chi connectivity index (χ1n) is 7.08. The van der Waals surface area contributed by atoms with Crippen molar-refractivity contribution in [3.8, 4) is 11.5 Å². The summed E-state index contributed by atoms with van der Waals surface area (Å²) >= 11 is 3.54. The molecule has 6 heteroatoms. The van der Waals surface area contributed by atoms with Crippen molar-refractivity contribution in [2.45, 2.75) is 25.9 Å². The van der Waals surface area contributed by atoms with Gasteiger partial charge >= 0.3 is 0 Å². The van der Waals surface area contributed by atoms with Crippen LogP contribution in [0.5, 0.6) is 11.5 Å². The molecule has 0 fully saturated rings. The molecule has 21 heavy (non-hydrogen) atoms. The Morgan fingerprint density at radius 2 is 2.24 bits per heavy atom. The van der Waals surface area contributed by atoms with Crippen molar-refractivity contribution in [1.82, 2.24) is 15.3 Å². The number of hydrogen-bond acceptors (Lipinski definition) is 4. The first-order valence-corrected chi connectivity index (χ1v) is 7.88. The zero-order valence-electron chi connectivity index (χ0n) is 11.9. The van der Waals surface area contributed by atoms with E-state index in [2.05, 4.69) is 44.2 Å². The Bertz CT molecular complexity index is 601. The van der Waals surface area contributed by atoms with Crippen LogP contribution in [0.2, 0.25) is 0 Å². The summed E-state index contributed by atoms with van der Waals surface area (Å²) in [4.78, 5) is 7.47. The molecule has 3 rings (SSSR count). The van der Waals surface area contributed by atoms with E-state index < -0.39 is 0 Å². The summed E-state index contributed by atoms with van der Waals surface area (Å²) in [5, 5.41) is 3.51. The van der Waals surface area contributed by atoms with Crippen molar-refractivity contribution >= 4 is 15.9 Å². The van der Waals surface area contributed by atoms with Crippen LogP contribution in [0.4, 0.5) is 0 Å². The van der Waals surface area contributed by atoms with Gasteiger partial charge in [-0.1, -0.05) is 6.92 Å². The molecule has 2 aromatic rings. The van der Waals surface area contributed by atoms with Gasteiger partial charge in [-0.2, -0.15) is 0 Å². The quantitative estimate of drug-likeness (QED) is 0.868. The molecule has 2 heterocycles. The fraction of sp³-hybridized carbons (Fsp3) is 0.400. The number of H-pyrrole nitrogens is 1. The van der Waals surface area contributed by atoms with Crippen LogP contribution in [0.3, 0.4) is 0 Å². The van der Waals surface area contributed by atoms with Crippen LogP contribution in [0, 0.1) is 0 Å². The lowest BCUT2D eigenvalue weighted by Crippen LogP contribution is -2.22. The summed E-state index contributed by atoms with van der Waals surface area (Å²) in [7, 11) is 0. The van der Waals surface area contributed by atoms with E-state index in [1.54, 1.807) is 6.20 Å². The van der Waals surface area contributed by atoms with Gasteiger partial charge in [0.15, 0.2) is 11.5 Å². The monoisotopic (exact) mass is 351 g/mol. The molecule has 5 nitrogen and oxygen atoms in total. The molecule has 1 unspecified atom stereocenters. The second-order valence-electron chi connectivity index (χ2n) is 4.92. The van der Waals surface area contributed by atoms with Crippen LogP contribution in [-0.4, -0.2) is 23.2 Å². The molecular weight excluding hydrogens is 334 g/mol. The van der Waals surface area contributed by atoms with E-state index in [9.17, 15) is 0 Å². The van der Waals surface area contributed by atoms with Crippen molar-refractivity contribution < 1.29 is 9.47 Å². The minimum Gasteiger partial charge on any atom is -0.486 e. The number of rotatable bonds is 5. The molecule has 0 saturated carbocycles. The smallest absolute Gasteiger partial charge is 0.175 e. The first kappa shape index (κ1) is 14.4. The fourth-order valence-corrected chi connectivity index (χ4v) is 3.01. The standard InChI is InChI=1S/C15H18BrN3O2/c1-2-12(15-17-3-4-18-15)19-9-10-7-11(16)14-13(8-10)20-5-6-21-14/h3-4,7-8,12,19H,2,5-6,9H2,1H3,(H,17,18). The Hall–Kier alpha value is -1.53. The van der Waals surface area contributed by atoms with Gasteiger partial charge in [0.1, 0.15) is 19.0 Å². The average molecular weight is 352 g/mol. The third-order valence-corrected chi connectivity index (χ3v) is 4.06. The summed E-state index contributed by atoms with van der Waals surface area (Å²) in [6, 6.07) is 4.31. The molecule has 0 radical (unpaired) electrons. The number of aromatic nitrogens is 2. The number of nitrogens with zero attached hydrogens (tertiary/aromatic N) is 1. The van der Waals surface area contributed by atoms with Crippen molar-refractivity contribution in [3.05, 3.63) is 40.4 Å². The van der Waals surface area contributed by atoms with Crippen LogP contribution >= 0.6 is 15.9 Å². The van der Waals surface area contributed by atoms with Crippen molar-refractivity contribution in [1.29, 1.82) is 0 Å². The average Bonchev–Trinajstić information content (AvgIpc) is 3.02. The third kappa shape index (κ3) is 3.22. The summed E-state index contributed by atoms with van der Waals surface area (Å²) in [6.45, 7) is 4.08. The number of imidazole rings is 1. The Morgan fingerprint density at radius 1 is 1.38 bits per heavy atom. The molecule has 112 valence electrons. The fourth-order valence-electron chi connectivity index (χ4n) is 2.41. The number of aromatic amines is 1. The number of halogens is 1. The number of ether oxygens (including phenoxy) is 2. The molecule has 0 spiro atoms. The highest BCUT2D eigenvalue weighted by molar-refractivity contribution is 9.10. The number of nitrogens with one attached hydrogen (secondary N) is 2. The summed E-state index contributed by atoms with van der Waals surface area (Å²) in [5.41, 5.74) is 1.15. The number of benzene rings is 1. The lowest BCUT2D eigenvalue weighted by atomic mass is 10.1. The largest absolute Gasteiger partial charge is 0.486 e. The van der Waals surface area contributed by atoms with Crippen LogP contribution in [-0.2, 0) is 6.54 Å². The van der Waals surface area contributed by atoms with Gasteiger partial charge in [0, 0.05) is 18.9 Å². The van der Waals surface area contributed by atoms with Gasteiger partial charge in [0.25, 0.3) is 0 Å². The third-order valence-electron chi connectivity index (χ3n) is 3.47. The van der Waals surface area contributed by atoms with Crippen LogP contribution < -0.4 is 14.8 Å². The van der Waals surface area contributed by atoms with Gasteiger partial charge in [-0.3, -0.25) is 0 Å². The molecule has 2 N–H and O–H groups in total. The molecule has 1 aliphatic heterocycles. The molecule has 1 aromatic heterocycles. The highest BCUT2D eigenvalue weighted by Gasteiger charge is 2.17. The molecule has 0 saturated heterocycles. The zero-order valence-corrected chi connectivity index (χ0v) is 13.4. The molecule has 0 bridgehead atoms. The molecule has 1 atom stereocenters. The second-order valence-corrected chi connectivity index (χ2v) is 5.77. The predicted octanol–water partition coefficient (Wildman–Crippen LogP) is 3.18. The summed E-state index contributed by atoms with van der Waals surface area (Å²) in [5.74, 6) is 2.57. The summed E-state index contributed by atoms with van der Waals surface area (Å²) in [6.07, 6.45) is 4.60. The Morgan fingerprint density at radius 3 is 3.00 bits per heavy atom. The van der Waals surface area contributed by atoms with E-state index in [-0.39, 0.29) is 6.04 Å². The molecule has 1 aromatic carbocycles. The zero-order chi connectivity index (χ0) is 14.7. The Kier molecular flexibility index (Phi) is 4.45. The maximum Gasteiger partial charge on any atom is 0.175 e. The van der Waals surface area contributed by atoms with Crippen molar-refractivity contribution in [2.24, 2.45) is 0 Å². The van der Waals surface area contributed by atoms with Crippen LogP contribution in [0.1, 0.15) is 30.8 Å². The van der Waals surface area contributed by atoms with E-state index in [0.717, 1.165) is 40.3 Å². The van der Waals surface area contributed by atoms with Gasteiger partial charge < -0.3 is 19.8 Å². The van der Waals surface area contributed by atoms with Gasteiger partial charge in [0.2, 0.25) is 0 Å². The van der Waals surface area contributed by atoms with Gasteiger partial charge in [-0.15, -0.1) is 0 Å². The van der Waals surface area contributed by atoms with E-state index in [4.69, 9.17) is 9.47 Å². The van der Waals surface area contributed by atoms with Crippen molar-refractivity contribution in [3.63, 3.8) is 0 Å². The van der Waals surface area contributed by atoms with E-state index in [1.165, 1.54) is 0 Å². The topological polar surface area (TPSA) is 59.2 Å². The first-order chi connectivity index (χ1) is 10.3.